The highest BCUT2D eigenvalue weighted by Crippen LogP contribution is 2.26. The number of carbonyl (C=O) groups is 3. The number of Topliss-reactive ketones (excluding diaryl/α,β-unsaturated/α-hetero) is 1. The summed E-state index contributed by atoms with van der Waals surface area (Å²) in [4.78, 5) is 46.2. The number of benzene rings is 2. The van der Waals surface area contributed by atoms with Crippen molar-refractivity contribution in [3.8, 4) is 5.75 Å². The molecule has 3 aromatic rings. The van der Waals surface area contributed by atoms with E-state index in [4.69, 9.17) is 14.6 Å². The van der Waals surface area contributed by atoms with Gasteiger partial charge in [0.1, 0.15) is 6.61 Å². The van der Waals surface area contributed by atoms with Gasteiger partial charge in [0, 0.05) is 18.7 Å². The number of nitrogens with zero attached hydrogens (tertiary/aromatic N) is 2. The normalized spacial score (nSPS) is 10.3. The van der Waals surface area contributed by atoms with Crippen LogP contribution in [0, 0.1) is 11.6 Å². The molecule has 41 heavy (non-hydrogen) atoms. The first-order valence-electron chi connectivity index (χ1n) is 13.0. The lowest BCUT2D eigenvalue weighted by Crippen LogP contribution is -2.35. The summed E-state index contributed by atoms with van der Waals surface area (Å²) in [5.41, 5.74) is 1.74. The lowest BCUT2D eigenvalue weighted by atomic mass is 9.84. The van der Waals surface area contributed by atoms with Crippen molar-refractivity contribution in [3.63, 3.8) is 0 Å². The van der Waals surface area contributed by atoms with Gasteiger partial charge in [-0.05, 0) is 34.7 Å². The number of ether oxygens (including phenoxy) is 1. The van der Waals surface area contributed by atoms with Gasteiger partial charge in [0.2, 0.25) is 5.91 Å². The zero-order valence-corrected chi connectivity index (χ0v) is 24.2. The fraction of sp³-hybridized carbons (Fsp3) is 0.367. The van der Waals surface area contributed by atoms with Gasteiger partial charge >= 0.3 is 0 Å². The van der Waals surface area contributed by atoms with E-state index >= 15 is 0 Å². The van der Waals surface area contributed by atoms with E-state index in [9.17, 15) is 23.2 Å². The maximum Gasteiger partial charge on any atom is 0.300 e. The number of nitrogens with one attached hydrogen (secondary N) is 1. The first-order valence-corrected chi connectivity index (χ1v) is 13.0. The van der Waals surface area contributed by atoms with Crippen LogP contribution in [0.2, 0.25) is 0 Å². The van der Waals surface area contributed by atoms with Gasteiger partial charge in [-0.3, -0.25) is 19.2 Å². The van der Waals surface area contributed by atoms with Gasteiger partial charge in [0.15, 0.2) is 23.2 Å². The smallest absolute Gasteiger partial charge is 0.300 e. The monoisotopic (exact) mass is 573 g/mol. The summed E-state index contributed by atoms with van der Waals surface area (Å²) < 4.78 is 33.3. The number of ketones is 1. The number of amides is 1. The molecule has 11 heteroatoms. The molecular weight excluding hydrogens is 536 g/mol. The molecular formula is C30H37F2N3O6. The molecule has 0 aliphatic rings. The van der Waals surface area contributed by atoms with E-state index in [1.807, 2.05) is 38.1 Å². The largest absolute Gasteiger partial charge is 0.481 e. The fourth-order valence-corrected chi connectivity index (χ4v) is 3.55. The molecule has 3 rings (SSSR count). The van der Waals surface area contributed by atoms with Crippen LogP contribution in [0.1, 0.15) is 58.2 Å². The van der Waals surface area contributed by atoms with Crippen molar-refractivity contribution in [2.75, 3.05) is 13.2 Å². The van der Waals surface area contributed by atoms with Gasteiger partial charge in [-0.15, -0.1) is 0 Å². The van der Waals surface area contributed by atoms with Crippen LogP contribution in [0.4, 0.5) is 8.78 Å². The molecule has 1 heterocycles. The van der Waals surface area contributed by atoms with Crippen molar-refractivity contribution < 1.29 is 33.0 Å². The van der Waals surface area contributed by atoms with Gasteiger partial charge in [0.25, 0.3) is 11.5 Å². The third-order valence-corrected chi connectivity index (χ3v) is 5.27. The molecule has 0 atom stereocenters. The van der Waals surface area contributed by atoms with Crippen LogP contribution < -0.4 is 15.6 Å². The van der Waals surface area contributed by atoms with E-state index in [1.54, 1.807) is 0 Å². The van der Waals surface area contributed by atoms with Crippen LogP contribution in [0.5, 0.6) is 5.75 Å². The van der Waals surface area contributed by atoms with Crippen LogP contribution in [0.3, 0.4) is 0 Å². The first kappa shape index (κ1) is 34.6. The second-order valence-corrected chi connectivity index (χ2v) is 9.58. The molecule has 0 saturated heterocycles. The average molecular weight is 574 g/mol. The van der Waals surface area contributed by atoms with Crippen molar-refractivity contribution >= 4 is 17.7 Å². The maximum absolute atomic E-state index is 13.6. The van der Waals surface area contributed by atoms with Crippen molar-refractivity contribution in [3.05, 3.63) is 93.4 Å². The molecule has 0 aliphatic carbocycles. The molecule has 0 radical (unpaired) electrons. The minimum Gasteiger partial charge on any atom is -0.481 e. The van der Waals surface area contributed by atoms with Crippen LogP contribution in [-0.4, -0.2) is 45.7 Å². The molecule has 2 N–H and O–H groups in total. The minimum atomic E-state index is -0.930. The lowest BCUT2D eigenvalue weighted by molar-refractivity contribution is -0.134. The minimum absolute atomic E-state index is 0.119. The van der Waals surface area contributed by atoms with E-state index < -0.39 is 53.8 Å². The fourth-order valence-electron chi connectivity index (χ4n) is 3.55. The Morgan fingerprint density at radius 1 is 0.976 bits per heavy atom. The number of hydrogen-bond acceptors (Lipinski definition) is 6. The van der Waals surface area contributed by atoms with Crippen LogP contribution >= 0.6 is 0 Å². The van der Waals surface area contributed by atoms with Crippen LogP contribution in [0.15, 0.2) is 59.5 Å². The summed E-state index contributed by atoms with van der Waals surface area (Å²) in [5.74, 6) is -4.49. The summed E-state index contributed by atoms with van der Waals surface area (Å²) in [6.07, 6.45) is 1.20. The van der Waals surface area contributed by atoms with Crippen molar-refractivity contribution in [2.24, 2.45) is 0 Å². The van der Waals surface area contributed by atoms with E-state index in [2.05, 4.69) is 31.2 Å². The zero-order valence-electron chi connectivity index (χ0n) is 24.2. The molecule has 2 aromatic carbocycles. The van der Waals surface area contributed by atoms with Crippen molar-refractivity contribution in [1.82, 2.24) is 15.1 Å². The number of carboxylic acids is 1. The molecule has 1 amide bonds. The number of carbonyl (C=O) groups excluding carboxylic acids is 2. The Balaban J connectivity index is 0.00000129. The van der Waals surface area contributed by atoms with Gasteiger partial charge < -0.3 is 15.2 Å². The molecule has 0 aliphatic heterocycles. The Hall–Kier alpha value is -4.41. The topological polar surface area (TPSA) is 128 Å². The van der Waals surface area contributed by atoms with Crippen LogP contribution in [0.25, 0.3) is 0 Å². The van der Waals surface area contributed by atoms with E-state index in [0.717, 1.165) is 30.2 Å². The van der Waals surface area contributed by atoms with Gasteiger partial charge in [-0.2, -0.15) is 5.10 Å². The number of hydrogen-bond donors (Lipinski definition) is 2. The van der Waals surface area contributed by atoms with Crippen molar-refractivity contribution in [2.45, 2.75) is 59.9 Å². The summed E-state index contributed by atoms with van der Waals surface area (Å²) in [6.45, 7) is 10.6. The number of aliphatic carboxylic acids is 1. The predicted molar refractivity (Wildman–Crippen MR) is 151 cm³/mol. The Morgan fingerprint density at radius 2 is 1.56 bits per heavy atom. The highest BCUT2D eigenvalue weighted by Gasteiger charge is 2.19. The van der Waals surface area contributed by atoms with Gasteiger partial charge in [-0.25, -0.2) is 13.5 Å². The number of rotatable bonds is 9. The molecule has 222 valence electrons. The van der Waals surface area contributed by atoms with Crippen LogP contribution in [-0.2, 0) is 32.8 Å². The Labute approximate surface area is 238 Å². The molecule has 1 aromatic heterocycles. The summed E-state index contributed by atoms with van der Waals surface area (Å²) in [5, 5.41) is 14.0. The molecule has 0 unspecified atom stereocenters. The molecule has 0 bridgehead atoms. The highest BCUT2D eigenvalue weighted by molar-refractivity contribution is 5.87. The number of carboxylic acid groups (broad SMARTS) is 1. The first-order chi connectivity index (χ1) is 19.3. The number of para-hydroxylation sites is 1. The lowest BCUT2D eigenvalue weighted by Gasteiger charge is -2.23. The Bertz CT molecular complexity index is 1360. The SMILES string of the molecule is CC.CC(=O)O.CC(C)(C)c1ccccc1Cn1nccc(CC(=O)NCC(=O)COc2c(F)cccc2F)c1=O. The second kappa shape index (κ2) is 16.6. The maximum atomic E-state index is 13.6. The molecule has 0 fully saturated rings. The van der Waals surface area contributed by atoms with E-state index in [0.29, 0.717) is 0 Å². The van der Waals surface area contributed by atoms with E-state index in [-0.39, 0.29) is 23.9 Å². The van der Waals surface area contributed by atoms with E-state index in [1.165, 1.54) is 23.0 Å². The zero-order chi connectivity index (χ0) is 31.2. The summed E-state index contributed by atoms with van der Waals surface area (Å²) in [6, 6.07) is 12.4. The van der Waals surface area contributed by atoms with Gasteiger partial charge in [-0.1, -0.05) is 65.0 Å². The second-order valence-electron chi connectivity index (χ2n) is 9.58. The molecule has 0 saturated carbocycles. The quantitative estimate of drug-likeness (QED) is 0.391. The van der Waals surface area contributed by atoms with Gasteiger partial charge in [0.05, 0.1) is 19.5 Å². The predicted octanol–water partition coefficient (Wildman–Crippen LogP) is 4.29. The number of aromatic nitrogens is 2. The third kappa shape index (κ3) is 11.7. The highest BCUT2D eigenvalue weighted by atomic mass is 19.1. The third-order valence-electron chi connectivity index (χ3n) is 5.27. The average Bonchev–Trinajstić information content (AvgIpc) is 2.90. The Morgan fingerprint density at radius 3 is 2.15 bits per heavy atom. The molecule has 0 spiro atoms. The Kier molecular flexibility index (Phi) is 14.0. The summed E-state index contributed by atoms with van der Waals surface area (Å²) >= 11 is 0. The summed E-state index contributed by atoms with van der Waals surface area (Å²) in [7, 11) is 0. The van der Waals surface area contributed by atoms with Crippen molar-refractivity contribution in [1.29, 1.82) is 0 Å². The molecule has 9 nitrogen and oxygen atoms in total. The standard InChI is InChI=1S/C26H27F2N3O4.C2H4O2.C2H6/c1-26(2,3)20-8-5-4-7-18(20)15-31-25(34)17(11-12-30-31)13-23(33)29-14-19(32)16-35-24-21(27)9-6-10-22(24)28;1-2(3)4;1-2/h4-12H,13-16H2,1-3H3,(H,29,33);1H3,(H,3,4);1-2H3. The number of halogens is 2.